The largest absolute Gasteiger partial charge is 0.497 e. The Bertz CT molecular complexity index is 547. The van der Waals surface area contributed by atoms with Crippen LogP contribution in [0.25, 0.3) is 0 Å². The van der Waals surface area contributed by atoms with Crippen molar-refractivity contribution >= 4 is 0 Å². The third-order valence-corrected chi connectivity index (χ3v) is 3.13. The molecule has 0 radical (unpaired) electrons. The maximum atomic E-state index is 10.4. The van der Waals surface area contributed by atoms with Crippen molar-refractivity contribution in [1.82, 2.24) is 0 Å². The van der Waals surface area contributed by atoms with Gasteiger partial charge in [-0.15, -0.1) is 0 Å². The first-order valence-corrected chi connectivity index (χ1v) is 6.01. The molecule has 0 aliphatic heterocycles. The number of aliphatic hydroxyl groups excluding tert-OH is 1. The molecule has 2 nitrogen and oxygen atoms in total. The number of benzene rings is 2. The lowest BCUT2D eigenvalue weighted by Gasteiger charge is -2.15. The van der Waals surface area contributed by atoms with E-state index in [2.05, 4.69) is 0 Å². The molecular weight excluding hydrogens is 224 g/mol. The summed E-state index contributed by atoms with van der Waals surface area (Å²) in [7, 11) is 1.64. The van der Waals surface area contributed by atoms with Crippen molar-refractivity contribution in [2.24, 2.45) is 0 Å². The number of hydrogen-bond acceptors (Lipinski definition) is 2. The van der Waals surface area contributed by atoms with Crippen LogP contribution in [0.5, 0.6) is 5.75 Å². The highest BCUT2D eigenvalue weighted by atomic mass is 16.5. The van der Waals surface area contributed by atoms with Crippen LogP contribution in [0, 0.1) is 13.8 Å². The smallest absolute Gasteiger partial charge is 0.119 e. The molecule has 0 aromatic heterocycles. The Morgan fingerprint density at radius 2 is 1.83 bits per heavy atom. The average Bonchev–Trinajstić information content (AvgIpc) is 2.37. The van der Waals surface area contributed by atoms with Crippen LogP contribution in [0.4, 0.5) is 0 Å². The fourth-order valence-corrected chi connectivity index (χ4v) is 2.10. The fraction of sp³-hybridized carbons (Fsp3) is 0.250. The number of ether oxygens (including phenoxy) is 1. The van der Waals surface area contributed by atoms with E-state index >= 15 is 0 Å². The topological polar surface area (TPSA) is 29.5 Å². The highest BCUT2D eigenvalue weighted by molar-refractivity contribution is 5.40. The summed E-state index contributed by atoms with van der Waals surface area (Å²) in [6.45, 7) is 4.01. The van der Waals surface area contributed by atoms with Gasteiger partial charge in [0, 0.05) is 0 Å². The molecule has 1 N–H and O–H groups in total. The van der Waals surface area contributed by atoms with Gasteiger partial charge in [0.1, 0.15) is 11.9 Å². The summed E-state index contributed by atoms with van der Waals surface area (Å²) in [5.41, 5.74) is 4.02. The van der Waals surface area contributed by atoms with E-state index in [9.17, 15) is 5.11 Å². The van der Waals surface area contributed by atoms with Gasteiger partial charge in [-0.05, 0) is 42.7 Å². The summed E-state index contributed by atoms with van der Waals surface area (Å²) in [4.78, 5) is 0. The minimum atomic E-state index is -0.587. The first-order valence-electron chi connectivity index (χ1n) is 6.01. The van der Waals surface area contributed by atoms with E-state index in [1.165, 1.54) is 0 Å². The number of aliphatic hydroxyl groups is 1. The molecule has 2 rings (SSSR count). The van der Waals surface area contributed by atoms with E-state index in [1.807, 2.05) is 56.3 Å². The van der Waals surface area contributed by atoms with Gasteiger partial charge in [0.2, 0.25) is 0 Å². The quantitative estimate of drug-likeness (QED) is 0.894. The highest BCUT2D eigenvalue weighted by Gasteiger charge is 2.13. The first kappa shape index (κ1) is 12.7. The lowest BCUT2D eigenvalue weighted by molar-refractivity contribution is 0.219. The molecule has 0 bridgehead atoms. The molecule has 0 spiro atoms. The summed E-state index contributed by atoms with van der Waals surface area (Å²) in [5, 5.41) is 10.4. The second-order valence-corrected chi connectivity index (χ2v) is 4.54. The second kappa shape index (κ2) is 5.23. The van der Waals surface area contributed by atoms with Crippen LogP contribution < -0.4 is 4.74 Å². The molecule has 2 aromatic carbocycles. The highest BCUT2D eigenvalue weighted by Crippen LogP contribution is 2.27. The van der Waals surface area contributed by atoms with Crippen LogP contribution in [0.1, 0.15) is 28.4 Å². The van der Waals surface area contributed by atoms with Crippen molar-refractivity contribution < 1.29 is 9.84 Å². The molecule has 2 heteroatoms. The minimum absolute atomic E-state index is 0.587. The van der Waals surface area contributed by atoms with Crippen LogP contribution in [0.2, 0.25) is 0 Å². The molecule has 1 unspecified atom stereocenters. The molecule has 0 saturated heterocycles. The monoisotopic (exact) mass is 242 g/mol. The van der Waals surface area contributed by atoms with Crippen molar-refractivity contribution in [3.63, 3.8) is 0 Å². The number of aryl methyl sites for hydroxylation is 2. The zero-order valence-electron chi connectivity index (χ0n) is 11.0. The van der Waals surface area contributed by atoms with Crippen LogP contribution >= 0.6 is 0 Å². The maximum absolute atomic E-state index is 10.4. The molecule has 0 aliphatic rings. The third kappa shape index (κ3) is 2.54. The number of methoxy groups -OCH3 is 1. The average molecular weight is 242 g/mol. The number of hydrogen-bond donors (Lipinski definition) is 1. The Morgan fingerprint density at radius 1 is 1.06 bits per heavy atom. The van der Waals surface area contributed by atoms with Crippen molar-refractivity contribution in [2.75, 3.05) is 7.11 Å². The standard InChI is InChI=1S/C16H18O2/c1-11-5-4-6-13(9-11)16(17)15-8-7-14(18-3)10-12(15)2/h4-10,16-17H,1-3H3. The summed E-state index contributed by atoms with van der Waals surface area (Å²) >= 11 is 0. The van der Waals surface area contributed by atoms with Gasteiger partial charge in [0.15, 0.2) is 0 Å². The molecule has 18 heavy (non-hydrogen) atoms. The van der Waals surface area contributed by atoms with Gasteiger partial charge in [-0.2, -0.15) is 0 Å². The number of rotatable bonds is 3. The van der Waals surface area contributed by atoms with Crippen molar-refractivity contribution in [3.05, 3.63) is 64.7 Å². The van der Waals surface area contributed by atoms with Crippen LogP contribution in [-0.4, -0.2) is 12.2 Å². The van der Waals surface area contributed by atoms with E-state index in [-0.39, 0.29) is 0 Å². The summed E-state index contributed by atoms with van der Waals surface area (Å²) in [6, 6.07) is 13.7. The molecule has 2 aromatic rings. The lowest BCUT2D eigenvalue weighted by atomic mass is 9.96. The van der Waals surface area contributed by atoms with Crippen LogP contribution in [0.15, 0.2) is 42.5 Å². The fourth-order valence-electron chi connectivity index (χ4n) is 2.10. The van der Waals surface area contributed by atoms with Crippen molar-refractivity contribution in [3.8, 4) is 5.75 Å². The zero-order chi connectivity index (χ0) is 13.1. The molecule has 94 valence electrons. The van der Waals surface area contributed by atoms with Crippen LogP contribution in [0.3, 0.4) is 0 Å². The Hall–Kier alpha value is -1.80. The van der Waals surface area contributed by atoms with E-state index in [0.717, 1.165) is 28.0 Å². The molecule has 0 amide bonds. The van der Waals surface area contributed by atoms with Crippen molar-refractivity contribution in [1.29, 1.82) is 0 Å². The summed E-state index contributed by atoms with van der Waals surface area (Å²) < 4.78 is 5.17. The van der Waals surface area contributed by atoms with Gasteiger partial charge in [-0.25, -0.2) is 0 Å². The normalized spacial score (nSPS) is 12.2. The molecule has 0 aliphatic carbocycles. The van der Waals surface area contributed by atoms with Gasteiger partial charge in [-0.1, -0.05) is 35.9 Å². The Labute approximate surface area is 108 Å². The first-order chi connectivity index (χ1) is 8.61. The maximum Gasteiger partial charge on any atom is 0.119 e. The Kier molecular flexibility index (Phi) is 3.68. The summed E-state index contributed by atoms with van der Waals surface area (Å²) in [5.74, 6) is 0.813. The Balaban J connectivity index is 2.37. The molecule has 0 fully saturated rings. The molecular formula is C16H18O2. The van der Waals surface area contributed by atoms with E-state index in [0.29, 0.717) is 0 Å². The van der Waals surface area contributed by atoms with Gasteiger partial charge >= 0.3 is 0 Å². The Morgan fingerprint density at radius 3 is 2.44 bits per heavy atom. The van der Waals surface area contributed by atoms with E-state index < -0.39 is 6.10 Å². The van der Waals surface area contributed by atoms with Crippen molar-refractivity contribution in [2.45, 2.75) is 20.0 Å². The third-order valence-electron chi connectivity index (χ3n) is 3.13. The second-order valence-electron chi connectivity index (χ2n) is 4.54. The molecule has 0 heterocycles. The van der Waals surface area contributed by atoms with Gasteiger partial charge < -0.3 is 9.84 Å². The predicted molar refractivity (Wildman–Crippen MR) is 73.0 cm³/mol. The molecule has 1 atom stereocenters. The summed E-state index contributed by atoms with van der Waals surface area (Å²) in [6.07, 6.45) is -0.587. The SMILES string of the molecule is COc1ccc(C(O)c2cccc(C)c2)c(C)c1. The van der Waals surface area contributed by atoms with Gasteiger partial charge in [-0.3, -0.25) is 0 Å². The minimum Gasteiger partial charge on any atom is -0.497 e. The lowest BCUT2D eigenvalue weighted by Crippen LogP contribution is -2.02. The van der Waals surface area contributed by atoms with E-state index in [4.69, 9.17) is 4.74 Å². The van der Waals surface area contributed by atoms with Crippen LogP contribution in [-0.2, 0) is 0 Å². The van der Waals surface area contributed by atoms with Gasteiger partial charge in [0.05, 0.1) is 7.11 Å². The van der Waals surface area contributed by atoms with E-state index in [1.54, 1.807) is 7.11 Å². The zero-order valence-corrected chi connectivity index (χ0v) is 11.0. The molecule has 0 saturated carbocycles. The predicted octanol–water partition coefficient (Wildman–Crippen LogP) is 3.39. The van der Waals surface area contributed by atoms with Gasteiger partial charge in [0.25, 0.3) is 0 Å².